The number of hydrogen-bond donors (Lipinski definition) is 0. The van der Waals surface area contributed by atoms with Crippen molar-refractivity contribution in [3.8, 4) is 0 Å². The van der Waals surface area contributed by atoms with Gasteiger partial charge in [0.15, 0.2) is 0 Å². The molecule has 1 atom stereocenters. The van der Waals surface area contributed by atoms with Crippen LogP contribution in [0.2, 0.25) is 0 Å². The van der Waals surface area contributed by atoms with Crippen molar-refractivity contribution in [1.29, 1.82) is 0 Å². The van der Waals surface area contributed by atoms with Crippen molar-refractivity contribution < 1.29 is 19.1 Å². The van der Waals surface area contributed by atoms with Crippen molar-refractivity contribution in [3.05, 3.63) is 35.9 Å². The van der Waals surface area contributed by atoms with Gasteiger partial charge in [-0.1, -0.05) is 30.3 Å². The Balaban J connectivity index is 1.56. The molecular formula is C21H30N2O4. The molecule has 27 heavy (non-hydrogen) atoms. The third-order valence-corrected chi connectivity index (χ3v) is 5.09. The van der Waals surface area contributed by atoms with E-state index in [4.69, 9.17) is 9.47 Å². The van der Waals surface area contributed by atoms with Gasteiger partial charge in [0.05, 0.1) is 6.04 Å². The van der Waals surface area contributed by atoms with Crippen LogP contribution in [0.5, 0.6) is 0 Å². The molecule has 6 nitrogen and oxygen atoms in total. The summed E-state index contributed by atoms with van der Waals surface area (Å²) >= 11 is 0. The molecule has 1 aliphatic carbocycles. The molecule has 1 aromatic rings. The molecule has 0 spiro atoms. The van der Waals surface area contributed by atoms with Gasteiger partial charge in [0.1, 0.15) is 12.2 Å². The van der Waals surface area contributed by atoms with E-state index < -0.39 is 5.60 Å². The molecule has 1 aliphatic heterocycles. The zero-order valence-corrected chi connectivity index (χ0v) is 16.5. The Kier molecular flexibility index (Phi) is 5.92. The Hall–Kier alpha value is -2.24. The first-order chi connectivity index (χ1) is 12.8. The largest absolute Gasteiger partial charge is 0.445 e. The Bertz CT molecular complexity index is 652. The summed E-state index contributed by atoms with van der Waals surface area (Å²) in [5.41, 5.74) is 0.442. The highest BCUT2D eigenvalue weighted by Gasteiger charge is 2.40. The van der Waals surface area contributed by atoms with Gasteiger partial charge in [-0.25, -0.2) is 9.59 Å². The summed E-state index contributed by atoms with van der Waals surface area (Å²) in [6, 6.07) is 9.86. The van der Waals surface area contributed by atoms with Crippen molar-refractivity contribution in [1.82, 2.24) is 9.80 Å². The molecule has 6 heteroatoms. The van der Waals surface area contributed by atoms with Crippen LogP contribution in [0.25, 0.3) is 0 Å². The van der Waals surface area contributed by atoms with E-state index in [-0.39, 0.29) is 30.9 Å². The van der Waals surface area contributed by atoms with E-state index in [0.29, 0.717) is 13.1 Å². The second kappa shape index (κ2) is 8.19. The number of amides is 2. The van der Waals surface area contributed by atoms with Crippen molar-refractivity contribution in [2.45, 2.75) is 70.7 Å². The SMILES string of the molecule is CC(C)(C)OC(=O)N(C1CCC1)[C@H]1CCN(C(=O)OCc2ccccc2)C1. The van der Waals surface area contributed by atoms with Crippen LogP contribution in [0.15, 0.2) is 30.3 Å². The maximum Gasteiger partial charge on any atom is 0.410 e. The number of ether oxygens (including phenoxy) is 2. The number of benzene rings is 1. The molecule has 0 radical (unpaired) electrons. The molecule has 2 aliphatic rings. The number of carbonyl (C=O) groups excluding carboxylic acids is 2. The van der Waals surface area contributed by atoms with E-state index in [1.165, 1.54) is 0 Å². The van der Waals surface area contributed by atoms with Crippen LogP contribution in [0, 0.1) is 0 Å². The highest BCUT2D eigenvalue weighted by Crippen LogP contribution is 2.31. The number of hydrogen-bond acceptors (Lipinski definition) is 4. The van der Waals surface area contributed by atoms with Crippen LogP contribution < -0.4 is 0 Å². The summed E-state index contributed by atoms with van der Waals surface area (Å²) in [7, 11) is 0. The molecular weight excluding hydrogens is 344 g/mol. The monoisotopic (exact) mass is 374 g/mol. The second-order valence-corrected chi connectivity index (χ2v) is 8.40. The minimum atomic E-state index is -0.522. The molecule has 3 rings (SSSR count). The average Bonchev–Trinajstić information content (AvgIpc) is 3.04. The van der Waals surface area contributed by atoms with Gasteiger partial charge < -0.3 is 19.3 Å². The highest BCUT2D eigenvalue weighted by molar-refractivity contribution is 5.71. The standard InChI is InChI=1S/C21H30N2O4/c1-21(2,3)27-20(25)23(17-10-7-11-17)18-12-13-22(14-18)19(24)26-15-16-8-5-4-6-9-16/h4-6,8-9,17-18H,7,10-15H2,1-3H3/t18-/m0/s1. The summed E-state index contributed by atoms with van der Waals surface area (Å²) in [6.45, 7) is 7.01. The third kappa shape index (κ3) is 5.15. The summed E-state index contributed by atoms with van der Waals surface area (Å²) in [6.07, 6.45) is 3.33. The lowest BCUT2D eigenvalue weighted by Gasteiger charge is -2.41. The lowest BCUT2D eigenvalue weighted by Crippen LogP contribution is -2.52. The van der Waals surface area contributed by atoms with Crippen LogP contribution in [-0.2, 0) is 16.1 Å². The lowest BCUT2D eigenvalue weighted by molar-refractivity contribution is -0.00518. The first kappa shape index (κ1) is 19.5. The smallest absolute Gasteiger partial charge is 0.410 e. The van der Waals surface area contributed by atoms with E-state index >= 15 is 0 Å². The van der Waals surface area contributed by atoms with E-state index in [0.717, 1.165) is 31.2 Å². The van der Waals surface area contributed by atoms with Crippen LogP contribution in [0.3, 0.4) is 0 Å². The maximum atomic E-state index is 12.7. The quantitative estimate of drug-likeness (QED) is 0.793. The topological polar surface area (TPSA) is 59.1 Å². The van der Waals surface area contributed by atoms with Gasteiger partial charge >= 0.3 is 12.2 Å². The zero-order chi connectivity index (χ0) is 19.4. The van der Waals surface area contributed by atoms with Crippen LogP contribution in [0.4, 0.5) is 9.59 Å². The zero-order valence-electron chi connectivity index (χ0n) is 16.5. The average molecular weight is 374 g/mol. The van der Waals surface area contributed by atoms with Crippen molar-refractivity contribution in [2.75, 3.05) is 13.1 Å². The summed E-state index contributed by atoms with van der Waals surface area (Å²) in [5, 5.41) is 0. The molecule has 0 unspecified atom stereocenters. The molecule has 1 heterocycles. The first-order valence-corrected chi connectivity index (χ1v) is 9.80. The normalized spacial score (nSPS) is 20.1. The molecule has 2 fully saturated rings. The molecule has 1 saturated heterocycles. The van der Waals surface area contributed by atoms with Crippen molar-refractivity contribution >= 4 is 12.2 Å². The van der Waals surface area contributed by atoms with Gasteiger partial charge in [-0.3, -0.25) is 0 Å². The predicted octanol–water partition coefficient (Wildman–Crippen LogP) is 4.19. The fraction of sp³-hybridized carbons (Fsp3) is 0.619. The van der Waals surface area contributed by atoms with Gasteiger partial charge in [-0.15, -0.1) is 0 Å². The van der Waals surface area contributed by atoms with E-state index in [9.17, 15) is 9.59 Å². The molecule has 1 aromatic carbocycles. The fourth-order valence-electron chi connectivity index (χ4n) is 3.52. The fourth-order valence-corrected chi connectivity index (χ4v) is 3.52. The first-order valence-electron chi connectivity index (χ1n) is 9.80. The van der Waals surface area contributed by atoms with Crippen LogP contribution in [-0.4, -0.2) is 52.8 Å². The van der Waals surface area contributed by atoms with E-state index in [1.54, 1.807) is 4.90 Å². The minimum absolute atomic E-state index is 0.00516. The highest BCUT2D eigenvalue weighted by atomic mass is 16.6. The summed E-state index contributed by atoms with van der Waals surface area (Å²) in [5.74, 6) is 0. The number of likely N-dealkylation sites (tertiary alicyclic amines) is 1. The molecule has 148 valence electrons. The third-order valence-electron chi connectivity index (χ3n) is 5.09. The molecule has 1 saturated carbocycles. The van der Waals surface area contributed by atoms with Crippen LogP contribution >= 0.6 is 0 Å². The summed E-state index contributed by atoms with van der Waals surface area (Å²) < 4.78 is 11.1. The second-order valence-electron chi connectivity index (χ2n) is 8.40. The molecule has 0 aromatic heterocycles. The van der Waals surface area contributed by atoms with Gasteiger partial charge in [0, 0.05) is 19.1 Å². The Morgan fingerprint density at radius 2 is 1.81 bits per heavy atom. The molecule has 2 amide bonds. The van der Waals surface area contributed by atoms with Crippen molar-refractivity contribution in [2.24, 2.45) is 0 Å². The number of carbonyl (C=O) groups is 2. The van der Waals surface area contributed by atoms with Gasteiger partial charge in [0.2, 0.25) is 0 Å². The van der Waals surface area contributed by atoms with Gasteiger partial charge in [-0.2, -0.15) is 0 Å². The van der Waals surface area contributed by atoms with Gasteiger partial charge in [0.25, 0.3) is 0 Å². The predicted molar refractivity (Wildman–Crippen MR) is 102 cm³/mol. The van der Waals surface area contributed by atoms with E-state index in [1.807, 2.05) is 56.0 Å². The van der Waals surface area contributed by atoms with Crippen molar-refractivity contribution in [3.63, 3.8) is 0 Å². The Morgan fingerprint density at radius 1 is 1.11 bits per heavy atom. The number of nitrogens with zero attached hydrogens (tertiary/aromatic N) is 2. The Morgan fingerprint density at radius 3 is 2.41 bits per heavy atom. The lowest BCUT2D eigenvalue weighted by atomic mass is 9.90. The summed E-state index contributed by atoms with van der Waals surface area (Å²) in [4.78, 5) is 28.7. The minimum Gasteiger partial charge on any atom is -0.445 e. The Labute approximate surface area is 161 Å². The number of rotatable bonds is 4. The van der Waals surface area contributed by atoms with Gasteiger partial charge in [-0.05, 0) is 52.0 Å². The molecule has 0 N–H and O–H groups in total. The molecule has 0 bridgehead atoms. The maximum absolute atomic E-state index is 12.7. The van der Waals surface area contributed by atoms with Crippen LogP contribution in [0.1, 0.15) is 52.0 Å². The van der Waals surface area contributed by atoms with E-state index in [2.05, 4.69) is 0 Å².